The van der Waals surface area contributed by atoms with Gasteiger partial charge in [-0.1, -0.05) is 60.7 Å². The van der Waals surface area contributed by atoms with Crippen molar-refractivity contribution >= 4 is 0 Å². The van der Waals surface area contributed by atoms with Crippen LogP contribution in [-0.2, 0) is 0 Å². The Labute approximate surface area is 72.5 Å². The second kappa shape index (κ2) is 3.22. The Morgan fingerprint density at radius 2 is 0.750 bits per heavy atom. The van der Waals surface area contributed by atoms with Gasteiger partial charge in [-0.2, -0.15) is 0 Å². The van der Waals surface area contributed by atoms with Gasteiger partial charge >= 0.3 is 0 Å². The average molecular weight is 166 g/mol. The molecule has 0 unspecified atom stereocenters. The summed E-state index contributed by atoms with van der Waals surface area (Å²) < 4.78 is 0. The van der Waals surface area contributed by atoms with E-state index in [1.54, 1.807) is 0 Å². The summed E-state index contributed by atoms with van der Waals surface area (Å²) in [5, 5.41) is 0. The summed E-state index contributed by atoms with van der Waals surface area (Å²) in [6, 6.07) is 20.8. The predicted octanol–water partition coefficient (Wildman–Crippen LogP) is 3.35. The topological polar surface area (TPSA) is 0 Å². The van der Waals surface area contributed by atoms with Gasteiger partial charge in [-0.15, -0.1) is 0 Å². The van der Waals surface area contributed by atoms with Crippen LogP contribution in [0.2, 0.25) is 0 Å². The minimum Gasteiger partial charge on any atom is -0.0622 e. The van der Waals surface area contributed by atoms with Crippen LogP contribution in [0.1, 0.15) is 0 Å². The molecule has 0 heteroatoms. The van der Waals surface area contributed by atoms with Gasteiger partial charge in [0.2, 0.25) is 0 Å². The molecule has 0 nitrogen and oxygen atoms in total. The highest BCUT2D eigenvalue weighted by atomic mass is 15.0. The van der Waals surface area contributed by atoms with Gasteiger partial charge in [0, 0.05) is 0 Å². The Hall–Kier alpha value is -1.56. The van der Waals surface area contributed by atoms with E-state index in [1.165, 1.54) is 11.1 Å². The molecule has 0 saturated carbocycles. The van der Waals surface area contributed by atoms with Gasteiger partial charge in [0.05, 0.1) is 0 Å². The van der Waals surface area contributed by atoms with Crippen molar-refractivity contribution in [2.24, 2.45) is 0 Å². The Bertz CT molecular complexity index is 297. The normalized spacial score (nSPS) is 9.67. The van der Waals surface area contributed by atoms with Crippen molar-refractivity contribution in [1.29, 1.82) is 0 Å². The van der Waals surface area contributed by atoms with Gasteiger partial charge in [0.15, 0.2) is 0 Å². The maximum atomic E-state index is 2.12. The van der Waals surface area contributed by atoms with Crippen LogP contribution < -0.4 is 0 Å². The number of hydrogen-bond donors (Lipinski definition) is 0. The van der Waals surface area contributed by atoms with E-state index in [0.29, 0.717) is 0 Å². The molecule has 0 bridgehead atoms. The molecule has 0 aliphatic heterocycles. The van der Waals surface area contributed by atoms with Crippen molar-refractivity contribution in [1.82, 2.24) is 0 Å². The third-order valence-electron chi connectivity index (χ3n) is 1.88. The smallest absolute Gasteiger partial charge is 0.0184 e. The predicted molar refractivity (Wildman–Crippen MR) is 51.9 cm³/mol. The fourth-order valence-electron chi connectivity index (χ4n) is 1.26. The van der Waals surface area contributed by atoms with Crippen LogP contribution in [0, 0.1) is 0 Å². The fraction of sp³-hybridized carbons (Fsp3) is 0. The molecule has 0 atom stereocenters. The molecule has 0 N–H and O–H groups in total. The van der Waals surface area contributed by atoms with Crippen molar-refractivity contribution < 1.29 is 0 Å². The molecule has 0 aliphatic carbocycles. The summed E-state index contributed by atoms with van der Waals surface area (Å²) in [4.78, 5) is 0. The minimum absolute atomic E-state index is 1.28. The number of hydrogen-bond acceptors (Lipinski definition) is 0. The van der Waals surface area contributed by atoms with Crippen LogP contribution in [0.25, 0.3) is 11.1 Å². The molecule has 12 heavy (non-hydrogen) atoms. The summed E-state index contributed by atoms with van der Waals surface area (Å²) in [7, 11) is 0. The number of rotatable bonds is 1. The second-order valence-electron chi connectivity index (χ2n) is 2.73. The van der Waals surface area contributed by atoms with Crippen molar-refractivity contribution in [2.75, 3.05) is 0 Å². The van der Waals surface area contributed by atoms with E-state index in [-0.39, 0.29) is 0 Å². The monoisotopic (exact) mass is 166 g/mol. The molecule has 0 aliphatic rings. The highest BCUT2D eigenvalue weighted by molar-refractivity contribution is 5.62. The first kappa shape index (κ1) is 7.11. The maximum absolute atomic E-state index is 2.12. The molecule has 0 radical (unpaired) electrons. The highest BCUT2D eigenvalue weighted by Gasteiger charge is 1.91. The second-order valence-corrected chi connectivity index (χ2v) is 2.73. The molecule has 2 aromatic rings. The molecule has 0 saturated heterocycles. The standard InChI is InChI=1S/C12H10/c1-3-7-11(8-4-1)12-9-5-2-6-10-12/h1-10H/i1+1,2+1,3+1,4+1,5+1,6+1,7+1,8+1,9+1,10+1,11+1,12+1. The SMILES string of the molecule is [13cH]1[13cH][13cH][13c](-[13c]2[13cH][13cH][13cH][13cH][13cH]2)[13cH][13cH]1. The third-order valence-corrected chi connectivity index (χ3v) is 1.88. The lowest BCUT2D eigenvalue weighted by molar-refractivity contribution is 1.62. The quantitative estimate of drug-likeness (QED) is 0.609. The zero-order chi connectivity index (χ0) is 8.23. The average Bonchev–Trinajstić information content (AvgIpc) is 2.21. The zero-order valence-corrected chi connectivity index (χ0v) is 6.77. The summed E-state index contributed by atoms with van der Waals surface area (Å²) in [6.45, 7) is 0. The van der Waals surface area contributed by atoms with E-state index in [9.17, 15) is 0 Å². The lowest BCUT2D eigenvalue weighted by Crippen LogP contribution is -1.73. The van der Waals surface area contributed by atoms with Gasteiger partial charge in [0.25, 0.3) is 0 Å². The molecular weight excluding hydrogens is 156 g/mol. The Morgan fingerprint density at radius 1 is 0.417 bits per heavy atom. The lowest BCUT2D eigenvalue weighted by Gasteiger charge is -1.98. The largest absolute Gasteiger partial charge is 0.0622 e. The van der Waals surface area contributed by atoms with Crippen LogP contribution >= 0.6 is 0 Å². The molecule has 2 aromatic carbocycles. The summed E-state index contributed by atoms with van der Waals surface area (Å²) >= 11 is 0. The van der Waals surface area contributed by atoms with Crippen molar-refractivity contribution in [3.05, 3.63) is 60.7 Å². The van der Waals surface area contributed by atoms with Gasteiger partial charge < -0.3 is 0 Å². The van der Waals surface area contributed by atoms with Crippen LogP contribution in [0.3, 0.4) is 0 Å². The van der Waals surface area contributed by atoms with E-state index in [0.717, 1.165) is 0 Å². The third kappa shape index (κ3) is 1.37. The Kier molecular flexibility index (Phi) is 1.91. The summed E-state index contributed by atoms with van der Waals surface area (Å²) in [5.74, 6) is 0. The van der Waals surface area contributed by atoms with Crippen molar-refractivity contribution in [3.63, 3.8) is 0 Å². The van der Waals surface area contributed by atoms with E-state index in [1.807, 2.05) is 12.1 Å². The van der Waals surface area contributed by atoms with Crippen LogP contribution in [-0.4, -0.2) is 0 Å². The van der Waals surface area contributed by atoms with E-state index >= 15 is 0 Å². The van der Waals surface area contributed by atoms with Crippen molar-refractivity contribution in [3.8, 4) is 11.1 Å². The molecule has 0 spiro atoms. The molecule has 0 heterocycles. The number of benzene rings is 2. The maximum Gasteiger partial charge on any atom is -0.0184 e. The van der Waals surface area contributed by atoms with Crippen LogP contribution in [0.4, 0.5) is 0 Å². The lowest BCUT2D eigenvalue weighted by atomic mass is 11.1. The Morgan fingerprint density at radius 3 is 1.08 bits per heavy atom. The van der Waals surface area contributed by atoms with Gasteiger partial charge in [0.1, 0.15) is 0 Å². The zero-order valence-electron chi connectivity index (χ0n) is 6.77. The minimum atomic E-state index is 1.28. The summed E-state index contributed by atoms with van der Waals surface area (Å²) in [6.07, 6.45) is 0. The van der Waals surface area contributed by atoms with Gasteiger partial charge in [-0.25, -0.2) is 0 Å². The first-order valence-corrected chi connectivity index (χ1v) is 4.07. The van der Waals surface area contributed by atoms with E-state index < -0.39 is 0 Å². The van der Waals surface area contributed by atoms with E-state index in [2.05, 4.69) is 48.5 Å². The summed E-state index contributed by atoms with van der Waals surface area (Å²) in [5.41, 5.74) is 2.55. The van der Waals surface area contributed by atoms with Crippen LogP contribution in [0.5, 0.6) is 0 Å². The molecular formula is C12H10. The molecule has 0 aromatic heterocycles. The molecule has 0 amide bonds. The van der Waals surface area contributed by atoms with Gasteiger partial charge in [-0.05, 0) is 11.1 Å². The first-order valence-electron chi connectivity index (χ1n) is 4.07. The molecule has 2 rings (SSSR count). The molecule has 0 fully saturated rings. The molecule has 58 valence electrons. The Balaban J connectivity index is 2.46. The van der Waals surface area contributed by atoms with Crippen molar-refractivity contribution in [2.45, 2.75) is 0 Å². The first-order chi connectivity index (χ1) is 5.97. The fourth-order valence-corrected chi connectivity index (χ4v) is 1.26. The van der Waals surface area contributed by atoms with E-state index in [4.69, 9.17) is 0 Å². The van der Waals surface area contributed by atoms with Crippen LogP contribution in [0.15, 0.2) is 60.7 Å². The highest BCUT2D eigenvalue weighted by Crippen LogP contribution is 2.17. The van der Waals surface area contributed by atoms with Gasteiger partial charge in [-0.3, -0.25) is 0 Å².